The van der Waals surface area contributed by atoms with Crippen molar-refractivity contribution in [2.45, 2.75) is 32.0 Å². The molecule has 0 aliphatic heterocycles. The Labute approximate surface area is 188 Å². The fourth-order valence-corrected chi connectivity index (χ4v) is 4.21. The summed E-state index contributed by atoms with van der Waals surface area (Å²) in [6.07, 6.45) is 0. The molecule has 1 amide bonds. The first-order valence-corrected chi connectivity index (χ1v) is 11.3. The van der Waals surface area contributed by atoms with Crippen LogP contribution in [0.15, 0.2) is 52.1 Å². The zero-order valence-electron chi connectivity index (χ0n) is 17.9. The molecule has 0 aliphatic rings. The lowest BCUT2D eigenvalue weighted by Crippen LogP contribution is -2.28. The normalized spacial score (nSPS) is 12.5. The number of nitrogens with one attached hydrogen (secondary N) is 3. The van der Waals surface area contributed by atoms with Crippen LogP contribution in [0.25, 0.3) is 33.4 Å². The highest BCUT2D eigenvalue weighted by atomic mass is 32.2. The van der Waals surface area contributed by atoms with Gasteiger partial charge in [-0.25, -0.2) is 4.98 Å². The number of benzene rings is 2. The molecule has 5 aromatic rings. The van der Waals surface area contributed by atoms with Gasteiger partial charge in [0.05, 0.1) is 22.8 Å². The Bertz CT molecular complexity index is 1400. The number of carbonyl (C=O) groups excluding carboxylic acids is 1. The number of aryl methyl sites for hydroxylation is 2. The number of imidazole rings is 1. The van der Waals surface area contributed by atoms with Gasteiger partial charge in [0.2, 0.25) is 11.8 Å². The molecule has 0 bridgehead atoms. The average Bonchev–Trinajstić information content (AvgIpc) is 3.50. The maximum absolute atomic E-state index is 12.4. The summed E-state index contributed by atoms with van der Waals surface area (Å²) in [4.78, 5) is 23.5. The SMILES string of the molecule is Cc1[nH]c2ccc(-c3nnc(SCC(=O)NC(C)c4nc5ccccc5[nH]4)o3)cc2c1C. The van der Waals surface area contributed by atoms with E-state index in [0.29, 0.717) is 11.1 Å². The highest BCUT2D eigenvalue weighted by Crippen LogP contribution is 2.28. The van der Waals surface area contributed by atoms with Crippen LogP contribution in [0.3, 0.4) is 0 Å². The van der Waals surface area contributed by atoms with Crippen molar-refractivity contribution in [2.75, 3.05) is 5.75 Å². The monoisotopic (exact) mass is 446 g/mol. The Morgan fingerprint density at radius 1 is 1.12 bits per heavy atom. The second-order valence-corrected chi connectivity index (χ2v) is 8.65. The Balaban J connectivity index is 1.22. The van der Waals surface area contributed by atoms with Gasteiger partial charge in [-0.15, -0.1) is 10.2 Å². The van der Waals surface area contributed by atoms with Gasteiger partial charge in [0.1, 0.15) is 5.82 Å². The minimum absolute atomic E-state index is 0.137. The van der Waals surface area contributed by atoms with Crippen LogP contribution in [0.2, 0.25) is 0 Å². The molecule has 0 spiro atoms. The lowest BCUT2D eigenvalue weighted by atomic mass is 10.1. The fraction of sp³-hybridized carbons (Fsp3) is 0.217. The van der Waals surface area contributed by atoms with E-state index in [1.807, 2.05) is 49.4 Å². The first kappa shape index (κ1) is 20.3. The van der Waals surface area contributed by atoms with Gasteiger partial charge < -0.3 is 19.7 Å². The van der Waals surface area contributed by atoms with Gasteiger partial charge in [-0.2, -0.15) is 0 Å². The molecule has 8 nitrogen and oxygen atoms in total. The Kier molecular flexibility index (Phi) is 5.18. The summed E-state index contributed by atoms with van der Waals surface area (Å²) in [6.45, 7) is 6.03. The average molecular weight is 447 g/mol. The summed E-state index contributed by atoms with van der Waals surface area (Å²) in [6, 6.07) is 13.5. The number of amides is 1. The van der Waals surface area contributed by atoms with Gasteiger partial charge in [0.25, 0.3) is 5.22 Å². The molecule has 9 heteroatoms. The van der Waals surface area contributed by atoms with E-state index >= 15 is 0 Å². The standard InChI is InChI=1S/C23H22N6O2S/c1-12-13(2)24-17-9-8-15(10-16(12)17)22-28-29-23(31-22)32-11-20(30)25-14(3)21-26-18-6-4-5-7-19(18)27-21/h4-10,14,24H,11H2,1-3H3,(H,25,30)(H,26,27). The summed E-state index contributed by atoms with van der Waals surface area (Å²) in [5, 5.41) is 12.7. The Hall–Kier alpha value is -3.59. The van der Waals surface area contributed by atoms with E-state index in [1.165, 1.54) is 17.3 Å². The number of carbonyl (C=O) groups is 1. The van der Waals surface area contributed by atoms with Gasteiger partial charge in [-0.05, 0) is 56.7 Å². The summed E-state index contributed by atoms with van der Waals surface area (Å²) < 4.78 is 5.78. The van der Waals surface area contributed by atoms with Crippen molar-refractivity contribution in [3.05, 3.63) is 59.5 Å². The van der Waals surface area contributed by atoms with Crippen LogP contribution in [0.5, 0.6) is 0 Å². The molecule has 1 atom stereocenters. The lowest BCUT2D eigenvalue weighted by molar-refractivity contribution is -0.119. The van der Waals surface area contributed by atoms with Crippen LogP contribution in [-0.4, -0.2) is 36.8 Å². The van der Waals surface area contributed by atoms with Crippen molar-refractivity contribution in [1.29, 1.82) is 0 Å². The van der Waals surface area contributed by atoms with E-state index < -0.39 is 0 Å². The number of rotatable bonds is 6. The summed E-state index contributed by atoms with van der Waals surface area (Å²) in [5.41, 5.74) is 6.09. The number of aromatic amines is 2. The molecule has 0 saturated heterocycles. The number of thioether (sulfide) groups is 1. The second kappa shape index (κ2) is 8.16. The van der Waals surface area contributed by atoms with Crippen LogP contribution in [0.1, 0.15) is 30.0 Å². The molecule has 0 radical (unpaired) electrons. The zero-order valence-corrected chi connectivity index (χ0v) is 18.7. The maximum atomic E-state index is 12.4. The number of fused-ring (bicyclic) bond motifs is 2. The van der Waals surface area contributed by atoms with Crippen molar-refractivity contribution in [1.82, 2.24) is 30.5 Å². The van der Waals surface area contributed by atoms with E-state index in [9.17, 15) is 4.79 Å². The van der Waals surface area contributed by atoms with Crippen LogP contribution in [0, 0.1) is 13.8 Å². The molecule has 0 saturated carbocycles. The first-order valence-electron chi connectivity index (χ1n) is 10.3. The summed E-state index contributed by atoms with van der Waals surface area (Å²) in [5.74, 6) is 1.18. The van der Waals surface area contributed by atoms with E-state index in [-0.39, 0.29) is 17.7 Å². The molecule has 0 fully saturated rings. The molecule has 3 aromatic heterocycles. The van der Waals surface area contributed by atoms with Crippen molar-refractivity contribution < 1.29 is 9.21 Å². The molecule has 162 valence electrons. The molecule has 0 aliphatic carbocycles. The number of hydrogen-bond acceptors (Lipinski definition) is 6. The number of nitrogens with zero attached hydrogens (tertiary/aromatic N) is 3. The molecule has 32 heavy (non-hydrogen) atoms. The van der Waals surface area contributed by atoms with Crippen molar-refractivity contribution in [3.8, 4) is 11.5 Å². The van der Waals surface area contributed by atoms with Gasteiger partial charge in [0.15, 0.2) is 0 Å². The molecular weight excluding hydrogens is 424 g/mol. The van der Waals surface area contributed by atoms with Crippen molar-refractivity contribution >= 4 is 39.6 Å². The van der Waals surface area contributed by atoms with E-state index in [1.54, 1.807) is 0 Å². The number of hydrogen-bond donors (Lipinski definition) is 3. The van der Waals surface area contributed by atoms with Gasteiger partial charge >= 0.3 is 0 Å². The second-order valence-electron chi connectivity index (χ2n) is 7.73. The number of aromatic nitrogens is 5. The number of H-pyrrole nitrogens is 2. The smallest absolute Gasteiger partial charge is 0.277 e. The van der Waals surface area contributed by atoms with E-state index in [4.69, 9.17) is 4.42 Å². The Morgan fingerprint density at radius 2 is 1.97 bits per heavy atom. The van der Waals surface area contributed by atoms with Crippen LogP contribution >= 0.6 is 11.8 Å². The van der Waals surface area contributed by atoms with Crippen LogP contribution in [-0.2, 0) is 4.79 Å². The first-order chi connectivity index (χ1) is 15.5. The van der Waals surface area contributed by atoms with Gasteiger partial charge in [-0.1, -0.05) is 23.9 Å². The predicted octanol–water partition coefficient (Wildman–Crippen LogP) is 4.68. The zero-order chi connectivity index (χ0) is 22.2. The highest BCUT2D eigenvalue weighted by Gasteiger charge is 2.16. The minimum atomic E-state index is -0.242. The Morgan fingerprint density at radius 3 is 2.81 bits per heavy atom. The number of para-hydroxylation sites is 2. The maximum Gasteiger partial charge on any atom is 0.277 e. The fourth-order valence-electron chi connectivity index (χ4n) is 3.64. The third kappa shape index (κ3) is 3.87. The van der Waals surface area contributed by atoms with Crippen molar-refractivity contribution in [2.24, 2.45) is 0 Å². The van der Waals surface area contributed by atoms with Gasteiger partial charge in [-0.3, -0.25) is 4.79 Å². The van der Waals surface area contributed by atoms with Gasteiger partial charge in [0, 0.05) is 22.2 Å². The quantitative estimate of drug-likeness (QED) is 0.327. The predicted molar refractivity (Wildman–Crippen MR) is 124 cm³/mol. The molecule has 3 heterocycles. The largest absolute Gasteiger partial charge is 0.411 e. The molecule has 1 unspecified atom stereocenters. The van der Waals surface area contributed by atoms with E-state index in [0.717, 1.165) is 39.0 Å². The lowest BCUT2D eigenvalue weighted by Gasteiger charge is -2.10. The molecular formula is C23H22N6O2S. The van der Waals surface area contributed by atoms with Crippen LogP contribution in [0.4, 0.5) is 0 Å². The highest BCUT2D eigenvalue weighted by molar-refractivity contribution is 7.99. The van der Waals surface area contributed by atoms with E-state index in [2.05, 4.69) is 44.3 Å². The topological polar surface area (TPSA) is 112 Å². The third-order valence-corrected chi connectivity index (χ3v) is 6.30. The summed E-state index contributed by atoms with van der Waals surface area (Å²) >= 11 is 1.21. The molecule has 2 aromatic carbocycles. The molecule has 3 N–H and O–H groups in total. The van der Waals surface area contributed by atoms with Crippen molar-refractivity contribution in [3.63, 3.8) is 0 Å². The van der Waals surface area contributed by atoms with Crippen LogP contribution < -0.4 is 5.32 Å². The minimum Gasteiger partial charge on any atom is -0.411 e. The molecule has 5 rings (SSSR count). The third-order valence-electron chi connectivity index (χ3n) is 5.48. The summed E-state index contributed by atoms with van der Waals surface area (Å²) in [7, 11) is 0.